The Morgan fingerprint density at radius 3 is 2.48 bits per heavy atom. The molecule has 3 heterocycles. The zero-order valence-electron chi connectivity index (χ0n) is 16.0. The first-order chi connectivity index (χ1) is 15.0. The van der Waals surface area contributed by atoms with E-state index in [1.165, 1.54) is 35.7 Å². The van der Waals surface area contributed by atoms with Gasteiger partial charge in [-0.2, -0.15) is 0 Å². The first-order valence-electron chi connectivity index (χ1n) is 9.20. The van der Waals surface area contributed by atoms with Crippen LogP contribution in [-0.2, 0) is 14.4 Å². The number of nitrogens with zero attached hydrogens (tertiary/aromatic N) is 4. The lowest BCUT2D eigenvalue weighted by Gasteiger charge is -2.13. The maximum atomic E-state index is 12.4. The lowest BCUT2D eigenvalue weighted by molar-refractivity contribution is -0.121. The average molecular weight is 477 g/mol. The fraction of sp³-hybridized carbons (Fsp3) is 0.278. The third-order valence-corrected chi connectivity index (χ3v) is 7.09. The number of carbonyl (C=O) groups is 4. The van der Waals surface area contributed by atoms with Gasteiger partial charge in [0.05, 0.1) is 18.0 Å². The molecule has 13 heteroatoms. The molecular formula is C18H16N6O4S3. The molecular weight excluding hydrogens is 460 g/mol. The Balaban J connectivity index is 1.30. The van der Waals surface area contributed by atoms with Gasteiger partial charge in [-0.3, -0.25) is 34.4 Å². The number of benzene rings is 1. The standard InChI is InChI=1S/C18H16N6O4S3/c25-12(20-16-19-7-8-29-16)9-30-18-23-22-17(31-18)21-15(28)10-1-3-11(4-2-10)24-13(26)5-6-14(24)27/h1-4H,5-9H2,(H,19,20,25)(H,21,22,28). The highest BCUT2D eigenvalue weighted by molar-refractivity contribution is 8.14. The van der Waals surface area contributed by atoms with Crippen molar-refractivity contribution < 1.29 is 19.2 Å². The van der Waals surface area contributed by atoms with Gasteiger partial charge in [-0.15, -0.1) is 10.2 Å². The van der Waals surface area contributed by atoms with E-state index in [1.807, 2.05) is 0 Å². The highest BCUT2D eigenvalue weighted by atomic mass is 32.2. The molecule has 2 N–H and O–H groups in total. The zero-order valence-corrected chi connectivity index (χ0v) is 18.4. The number of nitrogens with one attached hydrogen (secondary N) is 2. The minimum absolute atomic E-state index is 0.164. The fourth-order valence-corrected chi connectivity index (χ4v) is 5.10. The Morgan fingerprint density at radius 1 is 1.06 bits per heavy atom. The second-order valence-corrected chi connectivity index (χ2v) is 9.65. The Kier molecular flexibility index (Phi) is 6.63. The van der Waals surface area contributed by atoms with Crippen molar-refractivity contribution in [2.75, 3.05) is 28.3 Å². The molecule has 10 nitrogen and oxygen atoms in total. The SMILES string of the molecule is O=C(CSc1nnc(NC(=O)c2ccc(N3C(=O)CCC3=O)cc2)s1)NC1=NCCS1. The predicted octanol–water partition coefficient (Wildman–Crippen LogP) is 1.75. The summed E-state index contributed by atoms with van der Waals surface area (Å²) in [6.45, 7) is 0.712. The van der Waals surface area contributed by atoms with Crippen LogP contribution in [-0.4, -0.2) is 57.0 Å². The normalized spacial score (nSPS) is 15.9. The van der Waals surface area contributed by atoms with E-state index >= 15 is 0 Å². The monoisotopic (exact) mass is 476 g/mol. The molecule has 0 aliphatic carbocycles. The first-order valence-corrected chi connectivity index (χ1v) is 12.0. The third-order valence-electron chi connectivity index (χ3n) is 4.22. The van der Waals surface area contributed by atoms with E-state index in [2.05, 4.69) is 25.8 Å². The summed E-state index contributed by atoms with van der Waals surface area (Å²) in [6.07, 6.45) is 0.404. The number of aromatic nitrogens is 2. The van der Waals surface area contributed by atoms with Crippen LogP contribution in [0.3, 0.4) is 0 Å². The molecule has 2 aliphatic heterocycles. The highest BCUT2D eigenvalue weighted by Crippen LogP contribution is 2.26. The number of amidine groups is 1. The lowest BCUT2D eigenvalue weighted by atomic mass is 10.2. The maximum absolute atomic E-state index is 12.4. The molecule has 2 aliphatic rings. The molecule has 2 aromatic rings. The fourth-order valence-electron chi connectivity index (χ4n) is 2.81. The molecule has 0 bridgehead atoms. The van der Waals surface area contributed by atoms with Crippen molar-refractivity contribution in [2.24, 2.45) is 4.99 Å². The van der Waals surface area contributed by atoms with Gasteiger partial charge in [0, 0.05) is 24.2 Å². The number of aliphatic imine (C=N–C) groups is 1. The summed E-state index contributed by atoms with van der Waals surface area (Å²) in [4.78, 5) is 53.3. The van der Waals surface area contributed by atoms with Gasteiger partial charge in [-0.05, 0) is 24.3 Å². The number of anilines is 2. The van der Waals surface area contributed by atoms with Crippen LogP contribution in [0.2, 0.25) is 0 Å². The number of amides is 4. The van der Waals surface area contributed by atoms with Gasteiger partial charge in [0.2, 0.25) is 22.9 Å². The van der Waals surface area contributed by atoms with Gasteiger partial charge in [-0.25, -0.2) is 0 Å². The molecule has 1 saturated heterocycles. The summed E-state index contributed by atoms with van der Waals surface area (Å²) < 4.78 is 0.549. The van der Waals surface area contributed by atoms with E-state index < -0.39 is 5.91 Å². The van der Waals surface area contributed by atoms with E-state index in [0.29, 0.717) is 32.4 Å². The summed E-state index contributed by atoms with van der Waals surface area (Å²) in [6, 6.07) is 6.19. The minimum atomic E-state index is -0.396. The number of hydrogen-bond acceptors (Lipinski definition) is 10. The third kappa shape index (κ3) is 5.29. The second kappa shape index (κ2) is 9.58. The van der Waals surface area contributed by atoms with Crippen LogP contribution in [0, 0.1) is 0 Å². The van der Waals surface area contributed by atoms with Gasteiger partial charge in [0.1, 0.15) is 0 Å². The van der Waals surface area contributed by atoms with Crippen LogP contribution >= 0.6 is 34.9 Å². The second-order valence-electron chi connectivity index (χ2n) is 6.37. The number of carbonyl (C=O) groups excluding carboxylic acids is 4. The van der Waals surface area contributed by atoms with Crippen molar-refractivity contribution in [1.29, 1.82) is 0 Å². The summed E-state index contributed by atoms with van der Waals surface area (Å²) in [5.74, 6) is -0.0207. The Hall–Kier alpha value is -2.77. The Bertz CT molecular complexity index is 1050. The van der Waals surface area contributed by atoms with E-state index in [9.17, 15) is 19.2 Å². The summed E-state index contributed by atoms with van der Waals surface area (Å²) in [7, 11) is 0. The summed E-state index contributed by atoms with van der Waals surface area (Å²) in [5, 5.41) is 14.2. The molecule has 0 radical (unpaired) electrons. The molecule has 4 amide bonds. The highest BCUT2D eigenvalue weighted by Gasteiger charge is 2.30. The quantitative estimate of drug-likeness (QED) is 0.366. The van der Waals surface area contributed by atoms with E-state index in [1.54, 1.807) is 12.1 Å². The summed E-state index contributed by atoms with van der Waals surface area (Å²) >= 11 is 3.89. The smallest absolute Gasteiger partial charge is 0.257 e. The Labute approximate surface area is 189 Å². The minimum Gasteiger partial charge on any atom is -0.305 e. The van der Waals surface area contributed by atoms with Gasteiger partial charge in [0.25, 0.3) is 5.91 Å². The molecule has 1 aromatic carbocycles. The molecule has 0 spiro atoms. The van der Waals surface area contributed by atoms with Gasteiger partial charge < -0.3 is 5.32 Å². The number of rotatable bonds is 6. The van der Waals surface area contributed by atoms with E-state index in [0.717, 1.165) is 22.0 Å². The molecule has 0 atom stereocenters. The molecule has 160 valence electrons. The molecule has 31 heavy (non-hydrogen) atoms. The number of imide groups is 1. The maximum Gasteiger partial charge on any atom is 0.257 e. The van der Waals surface area contributed by atoms with Crippen LogP contribution < -0.4 is 15.5 Å². The topological polar surface area (TPSA) is 134 Å². The lowest BCUT2D eigenvalue weighted by Crippen LogP contribution is -2.28. The van der Waals surface area contributed by atoms with Crippen molar-refractivity contribution in [1.82, 2.24) is 15.5 Å². The van der Waals surface area contributed by atoms with Crippen molar-refractivity contribution in [3.05, 3.63) is 29.8 Å². The van der Waals surface area contributed by atoms with Gasteiger partial charge in [-0.1, -0.05) is 34.9 Å². The largest absolute Gasteiger partial charge is 0.305 e. The van der Waals surface area contributed by atoms with Crippen LogP contribution in [0.4, 0.5) is 10.8 Å². The molecule has 1 fully saturated rings. The van der Waals surface area contributed by atoms with Crippen molar-refractivity contribution in [3.63, 3.8) is 0 Å². The predicted molar refractivity (Wildman–Crippen MR) is 120 cm³/mol. The van der Waals surface area contributed by atoms with Crippen molar-refractivity contribution in [3.8, 4) is 0 Å². The number of thioether (sulfide) groups is 2. The van der Waals surface area contributed by atoms with Crippen LogP contribution in [0.25, 0.3) is 0 Å². The average Bonchev–Trinajstić information content (AvgIpc) is 3.49. The van der Waals surface area contributed by atoms with E-state index in [-0.39, 0.29) is 36.3 Å². The van der Waals surface area contributed by atoms with Crippen molar-refractivity contribution >= 4 is 74.5 Å². The van der Waals surface area contributed by atoms with Crippen molar-refractivity contribution in [2.45, 2.75) is 17.2 Å². The number of hydrogen-bond donors (Lipinski definition) is 2. The van der Waals surface area contributed by atoms with Gasteiger partial charge >= 0.3 is 0 Å². The van der Waals surface area contributed by atoms with Crippen LogP contribution in [0.15, 0.2) is 33.6 Å². The van der Waals surface area contributed by atoms with E-state index in [4.69, 9.17) is 0 Å². The van der Waals surface area contributed by atoms with Crippen LogP contribution in [0.1, 0.15) is 23.2 Å². The molecule has 0 saturated carbocycles. The molecule has 0 unspecified atom stereocenters. The summed E-state index contributed by atoms with van der Waals surface area (Å²) in [5.41, 5.74) is 0.792. The van der Waals surface area contributed by atoms with Crippen LogP contribution in [0.5, 0.6) is 0 Å². The molecule has 4 rings (SSSR count). The zero-order chi connectivity index (χ0) is 21.8. The molecule has 1 aromatic heterocycles. The Morgan fingerprint density at radius 2 is 1.81 bits per heavy atom. The van der Waals surface area contributed by atoms with Gasteiger partial charge in [0.15, 0.2) is 9.51 Å². The first kappa shape index (κ1) is 21.5.